The fraction of sp³-hybridized carbons (Fsp3) is 0.562. The Bertz CT molecular complexity index is 408. The van der Waals surface area contributed by atoms with Crippen molar-refractivity contribution in [2.75, 3.05) is 13.1 Å². The van der Waals surface area contributed by atoms with Gasteiger partial charge in [-0.15, -0.1) is 0 Å². The molecule has 1 saturated heterocycles. The Morgan fingerprint density at radius 3 is 2.74 bits per heavy atom. The number of esters is 1. The second-order valence-corrected chi connectivity index (χ2v) is 5.83. The molecular formula is C16H23NO2. The molecule has 1 unspecified atom stereocenters. The molecule has 0 spiro atoms. The molecule has 0 saturated carbocycles. The Kier molecular flexibility index (Phi) is 4.59. The van der Waals surface area contributed by atoms with Crippen LogP contribution >= 0.6 is 0 Å². The largest absolute Gasteiger partial charge is 0.460 e. The zero-order valence-electron chi connectivity index (χ0n) is 11.8. The van der Waals surface area contributed by atoms with Crippen molar-refractivity contribution < 1.29 is 9.53 Å². The predicted octanol–water partition coefficient (Wildman–Crippen LogP) is 2.76. The van der Waals surface area contributed by atoms with Crippen molar-refractivity contribution in [2.45, 2.75) is 33.3 Å². The average molecular weight is 261 g/mol. The van der Waals surface area contributed by atoms with Gasteiger partial charge in [-0.2, -0.15) is 0 Å². The second kappa shape index (κ2) is 6.20. The third kappa shape index (κ3) is 3.57. The van der Waals surface area contributed by atoms with E-state index >= 15 is 0 Å². The van der Waals surface area contributed by atoms with Gasteiger partial charge in [0.25, 0.3) is 0 Å². The van der Waals surface area contributed by atoms with E-state index in [0.29, 0.717) is 12.5 Å². The Morgan fingerprint density at radius 2 is 2.11 bits per heavy atom. The molecule has 0 radical (unpaired) electrons. The molecule has 0 bridgehead atoms. The van der Waals surface area contributed by atoms with Crippen LogP contribution in [0, 0.1) is 11.3 Å². The SMILES string of the molecule is CC(C)(C(=O)OCc1ccccc1)C1CCCNC1. The Hall–Kier alpha value is -1.35. The summed E-state index contributed by atoms with van der Waals surface area (Å²) >= 11 is 0. The molecule has 104 valence electrons. The van der Waals surface area contributed by atoms with Crippen LogP contribution < -0.4 is 5.32 Å². The lowest BCUT2D eigenvalue weighted by molar-refractivity contribution is -0.159. The molecule has 19 heavy (non-hydrogen) atoms. The van der Waals surface area contributed by atoms with Crippen LogP contribution in [0.15, 0.2) is 30.3 Å². The van der Waals surface area contributed by atoms with E-state index in [1.54, 1.807) is 0 Å². The Labute approximate surface area is 115 Å². The summed E-state index contributed by atoms with van der Waals surface area (Å²) in [5, 5.41) is 3.36. The Morgan fingerprint density at radius 1 is 1.37 bits per heavy atom. The fourth-order valence-electron chi connectivity index (χ4n) is 2.54. The van der Waals surface area contributed by atoms with E-state index in [2.05, 4.69) is 5.32 Å². The smallest absolute Gasteiger partial charge is 0.312 e. The molecule has 3 nitrogen and oxygen atoms in total. The molecule has 1 aliphatic rings. The number of piperidine rings is 1. The number of carbonyl (C=O) groups is 1. The van der Waals surface area contributed by atoms with E-state index in [-0.39, 0.29) is 5.97 Å². The summed E-state index contributed by atoms with van der Waals surface area (Å²) in [5.41, 5.74) is 0.621. The van der Waals surface area contributed by atoms with Crippen LogP contribution in [0.2, 0.25) is 0 Å². The Balaban J connectivity index is 1.90. The number of nitrogens with one attached hydrogen (secondary N) is 1. The topological polar surface area (TPSA) is 38.3 Å². The molecule has 1 N–H and O–H groups in total. The van der Waals surface area contributed by atoms with Crippen molar-refractivity contribution in [1.29, 1.82) is 0 Å². The van der Waals surface area contributed by atoms with E-state index in [1.807, 2.05) is 44.2 Å². The number of rotatable bonds is 4. The molecule has 0 aromatic heterocycles. The number of carbonyl (C=O) groups excluding carboxylic acids is 1. The highest BCUT2D eigenvalue weighted by molar-refractivity contribution is 5.76. The van der Waals surface area contributed by atoms with E-state index in [1.165, 1.54) is 0 Å². The first kappa shape index (κ1) is 14.1. The lowest BCUT2D eigenvalue weighted by Gasteiger charge is -2.35. The third-order valence-electron chi connectivity index (χ3n) is 4.06. The van der Waals surface area contributed by atoms with Gasteiger partial charge in [-0.3, -0.25) is 4.79 Å². The lowest BCUT2D eigenvalue weighted by atomic mass is 9.75. The summed E-state index contributed by atoms with van der Waals surface area (Å²) in [5.74, 6) is 0.273. The average Bonchev–Trinajstić information content (AvgIpc) is 2.46. The molecular weight excluding hydrogens is 238 g/mol. The monoisotopic (exact) mass is 261 g/mol. The van der Waals surface area contributed by atoms with Gasteiger partial charge in [-0.1, -0.05) is 30.3 Å². The van der Waals surface area contributed by atoms with Crippen LogP contribution in [-0.4, -0.2) is 19.1 Å². The highest BCUT2D eigenvalue weighted by Gasteiger charge is 2.38. The standard InChI is InChI=1S/C16H23NO2/c1-16(2,14-9-6-10-17-11-14)15(18)19-12-13-7-4-3-5-8-13/h3-5,7-8,14,17H,6,9-12H2,1-2H3. The minimum Gasteiger partial charge on any atom is -0.460 e. The minimum atomic E-state index is -0.414. The van der Waals surface area contributed by atoms with E-state index in [9.17, 15) is 4.79 Å². The maximum absolute atomic E-state index is 12.3. The van der Waals surface area contributed by atoms with Gasteiger partial charge in [-0.25, -0.2) is 0 Å². The first-order valence-corrected chi connectivity index (χ1v) is 7.02. The van der Waals surface area contributed by atoms with Gasteiger partial charge in [0.05, 0.1) is 5.41 Å². The van der Waals surface area contributed by atoms with Gasteiger partial charge >= 0.3 is 5.97 Å². The van der Waals surface area contributed by atoms with Crippen molar-refractivity contribution in [3.05, 3.63) is 35.9 Å². The van der Waals surface area contributed by atoms with Crippen LogP contribution in [0.1, 0.15) is 32.3 Å². The summed E-state index contributed by atoms with van der Waals surface area (Å²) in [6.45, 7) is 6.33. The van der Waals surface area contributed by atoms with E-state index < -0.39 is 5.41 Å². The summed E-state index contributed by atoms with van der Waals surface area (Å²) < 4.78 is 5.48. The van der Waals surface area contributed by atoms with E-state index in [4.69, 9.17) is 4.74 Å². The molecule has 1 aromatic carbocycles. The number of hydrogen-bond acceptors (Lipinski definition) is 3. The van der Waals surface area contributed by atoms with Gasteiger partial charge in [0, 0.05) is 0 Å². The molecule has 2 rings (SSSR count). The quantitative estimate of drug-likeness (QED) is 0.847. The minimum absolute atomic E-state index is 0.0925. The van der Waals surface area contributed by atoms with Crippen molar-refractivity contribution in [1.82, 2.24) is 5.32 Å². The molecule has 1 heterocycles. The zero-order chi connectivity index (χ0) is 13.7. The van der Waals surface area contributed by atoms with Gasteiger partial charge in [0.1, 0.15) is 6.61 Å². The number of benzene rings is 1. The third-order valence-corrected chi connectivity index (χ3v) is 4.06. The first-order valence-electron chi connectivity index (χ1n) is 7.02. The lowest BCUT2D eigenvalue weighted by Crippen LogP contribution is -2.43. The van der Waals surface area contributed by atoms with Crippen LogP contribution in [-0.2, 0) is 16.1 Å². The summed E-state index contributed by atoms with van der Waals surface area (Å²) in [6, 6.07) is 9.83. The van der Waals surface area contributed by atoms with Gasteiger partial charge in [-0.05, 0) is 51.3 Å². The fourth-order valence-corrected chi connectivity index (χ4v) is 2.54. The van der Waals surface area contributed by atoms with Crippen molar-refractivity contribution in [3.63, 3.8) is 0 Å². The zero-order valence-corrected chi connectivity index (χ0v) is 11.8. The van der Waals surface area contributed by atoms with Gasteiger partial charge in [0.15, 0.2) is 0 Å². The maximum Gasteiger partial charge on any atom is 0.312 e. The molecule has 1 atom stereocenters. The van der Waals surface area contributed by atoms with Crippen LogP contribution in [0.4, 0.5) is 0 Å². The maximum atomic E-state index is 12.3. The summed E-state index contributed by atoms with van der Waals surface area (Å²) in [4.78, 5) is 12.3. The molecule has 3 heteroatoms. The van der Waals surface area contributed by atoms with Crippen molar-refractivity contribution >= 4 is 5.97 Å². The number of hydrogen-bond donors (Lipinski definition) is 1. The van der Waals surface area contributed by atoms with Crippen LogP contribution in [0.5, 0.6) is 0 Å². The van der Waals surface area contributed by atoms with Crippen LogP contribution in [0.25, 0.3) is 0 Å². The molecule has 1 fully saturated rings. The summed E-state index contributed by atoms with van der Waals surface area (Å²) in [7, 11) is 0. The molecule has 1 aliphatic heterocycles. The normalized spacial score (nSPS) is 20.0. The first-order chi connectivity index (χ1) is 9.10. The molecule has 0 amide bonds. The summed E-state index contributed by atoms with van der Waals surface area (Å²) in [6.07, 6.45) is 2.24. The van der Waals surface area contributed by atoms with E-state index in [0.717, 1.165) is 31.5 Å². The second-order valence-electron chi connectivity index (χ2n) is 5.83. The number of ether oxygens (including phenoxy) is 1. The molecule has 0 aliphatic carbocycles. The highest BCUT2D eigenvalue weighted by Crippen LogP contribution is 2.33. The predicted molar refractivity (Wildman–Crippen MR) is 75.6 cm³/mol. The van der Waals surface area contributed by atoms with Gasteiger partial charge < -0.3 is 10.1 Å². The van der Waals surface area contributed by atoms with Crippen molar-refractivity contribution in [2.24, 2.45) is 11.3 Å². The van der Waals surface area contributed by atoms with Crippen LogP contribution in [0.3, 0.4) is 0 Å². The molecule has 1 aromatic rings. The van der Waals surface area contributed by atoms with Crippen molar-refractivity contribution in [3.8, 4) is 0 Å². The highest BCUT2D eigenvalue weighted by atomic mass is 16.5. The van der Waals surface area contributed by atoms with Gasteiger partial charge in [0.2, 0.25) is 0 Å².